The maximum Gasteiger partial charge on any atom is 0.634 e. The average Bonchev–Trinajstić information content (AvgIpc) is 2.04. The highest BCUT2D eigenvalue weighted by atomic mass is 16.6. The molecule has 13 heavy (non-hydrogen) atoms. The second-order valence-electron chi connectivity index (χ2n) is 2.82. The van der Waals surface area contributed by atoms with E-state index in [1.165, 1.54) is 0 Å². The van der Waals surface area contributed by atoms with E-state index in [2.05, 4.69) is 13.2 Å². The minimum atomic E-state index is -1.82. The van der Waals surface area contributed by atoms with Crippen LogP contribution in [0.15, 0.2) is 25.3 Å². The largest absolute Gasteiger partial charge is 0.634 e. The van der Waals surface area contributed by atoms with Crippen LogP contribution in [-0.2, 0) is 4.65 Å². The zero-order chi connectivity index (χ0) is 10.3. The van der Waals surface area contributed by atoms with Crippen LogP contribution in [0.1, 0.15) is 12.8 Å². The molecule has 0 aliphatic rings. The van der Waals surface area contributed by atoms with E-state index in [4.69, 9.17) is 20.4 Å². The molecule has 0 aromatic carbocycles. The maximum atomic E-state index is 8.68. The van der Waals surface area contributed by atoms with Crippen LogP contribution in [0.25, 0.3) is 0 Å². The molecule has 0 amide bonds. The van der Waals surface area contributed by atoms with Crippen LogP contribution in [0.3, 0.4) is 0 Å². The summed E-state index contributed by atoms with van der Waals surface area (Å²) in [6.07, 6.45) is 4.15. The number of hydrogen-bond donors (Lipinski definition) is 3. The van der Waals surface area contributed by atoms with E-state index in [-0.39, 0.29) is 6.54 Å². The second-order valence-corrected chi connectivity index (χ2v) is 2.82. The van der Waals surface area contributed by atoms with Gasteiger partial charge < -0.3 is 20.4 Å². The fraction of sp³-hybridized carbons (Fsp3) is 0.500. The van der Waals surface area contributed by atoms with E-state index in [1.54, 1.807) is 12.2 Å². The molecule has 4 N–H and O–H groups in total. The van der Waals surface area contributed by atoms with E-state index in [1.807, 2.05) is 0 Å². The van der Waals surface area contributed by atoms with Crippen LogP contribution in [0.4, 0.5) is 0 Å². The predicted molar refractivity (Wildman–Crippen MR) is 52.7 cm³/mol. The topological polar surface area (TPSA) is 75.7 Å². The molecule has 0 aromatic rings. The summed E-state index contributed by atoms with van der Waals surface area (Å²) in [6.45, 7) is 7.28. The Balaban J connectivity index is 4.41. The first kappa shape index (κ1) is 12.4. The van der Waals surface area contributed by atoms with Gasteiger partial charge in [-0.1, -0.05) is 12.2 Å². The molecule has 74 valence electrons. The third kappa shape index (κ3) is 4.24. The van der Waals surface area contributed by atoms with Gasteiger partial charge in [-0.2, -0.15) is 0 Å². The summed E-state index contributed by atoms with van der Waals surface area (Å²) in [5.41, 5.74) is 4.69. The molecule has 0 saturated carbocycles. The standard InChI is InChI=1S/C8H16BNO3/c1-3-5-8(7-10,6-4-2)13-9(11)12/h3-4,11-12H,1-2,5-7,10H2. The third-order valence-corrected chi connectivity index (χ3v) is 1.76. The highest BCUT2D eigenvalue weighted by Gasteiger charge is 2.31. The van der Waals surface area contributed by atoms with Crippen molar-refractivity contribution in [2.24, 2.45) is 5.73 Å². The van der Waals surface area contributed by atoms with Crippen molar-refractivity contribution in [3.05, 3.63) is 25.3 Å². The Bertz CT molecular complexity index is 163. The van der Waals surface area contributed by atoms with Gasteiger partial charge in [0.25, 0.3) is 0 Å². The predicted octanol–water partition coefficient (Wildman–Crippen LogP) is -0.178. The first-order valence-electron chi connectivity index (χ1n) is 4.06. The van der Waals surface area contributed by atoms with Gasteiger partial charge in [0.05, 0.1) is 5.60 Å². The normalized spacial score (nSPS) is 11.0. The molecule has 0 aliphatic heterocycles. The maximum absolute atomic E-state index is 8.68. The molecule has 0 aromatic heterocycles. The lowest BCUT2D eigenvalue weighted by Gasteiger charge is -2.30. The lowest BCUT2D eigenvalue weighted by Crippen LogP contribution is -2.44. The van der Waals surface area contributed by atoms with Crippen LogP contribution in [-0.4, -0.2) is 29.5 Å². The molecule has 0 aliphatic carbocycles. The molecule has 0 atom stereocenters. The van der Waals surface area contributed by atoms with Crippen molar-refractivity contribution in [2.45, 2.75) is 18.4 Å². The molecule has 4 nitrogen and oxygen atoms in total. The Morgan fingerprint density at radius 2 is 1.77 bits per heavy atom. The summed E-state index contributed by atoms with van der Waals surface area (Å²) >= 11 is 0. The highest BCUT2D eigenvalue weighted by Crippen LogP contribution is 2.20. The summed E-state index contributed by atoms with van der Waals surface area (Å²) < 4.78 is 4.91. The Labute approximate surface area is 78.9 Å². The first-order chi connectivity index (χ1) is 6.10. The number of nitrogens with two attached hydrogens (primary N) is 1. The minimum Gasteiger partial charge on any atom is -0.402 e. The number of hydrogen-bond acceptors (Lipinski definition) is 4. The molecule has 0 radical (unpaired) electrons. The molecule has 5 heteroatoms. The Morgan fingerprint density at radius 3 is 2.00 bits per heavy atom. The van der Waals surface area contributed by atoms with E-state index < -0.39 is 12.9 Å². The van der Waals surface area contributed by atoms with Crippen molar-refractivity contribution in [3.63, 3.8) is 0 Å². The molecule has 0 unspecified atom stereocenters. The first-order valence-corrected chi connectivity index (χ1v) is 4.06. The average molecular weight is 185 g/mol. The Hall–Kier alpha value is -0.615. The zero-order valence-electron chi connectivity index (χ0n) is 7.65. The molecular formula is C8H16BNO3. The van der Waals surface area contributed by atoms with Gasteiger partial charge in [0, 0.05) is 6.54 Å². The molecule has 0 bridgehead atoms. The van der Waals surface area contributed by atoms with Gasteiger partial charge in [0.15, 0.2) is 0 Å². The molecular weight excluding hydrogens is 169 g/mol. The van der Waals surface area contributed by atoms with Crippen LogP contribution in [0.5, 0.6) is 0 Å². The zero-order valence-corrected chi connectivity index (χ0v) is 7.65. The van der Waals surface area contributed by atoms with E-state index in [9.17, 15) is 0 Å². The van der Waals surface area contributed by atoms with Crippen LogP contribution >= 0.6 is 0 Å². The van der Waals surface area contributed by atoms with Crippen molar-refractivity contribution in [2.75, 3.05) is 6.54 Å². The van der Waals surface area contributed by atoms with Crippen molar-refractivity contribution < 1.29 is 14.7 Å². The molecule has 0 saturated heterocycles. The van der Waals surface area contributed by atoms with E-state index in [0.717, 1.165) is 0 Å². The lowest BCUT2D eigenvalue weighted by atomic mass is 9.93. The van der Waals surface area contributed by atoms with Gasteiger partial charge in [-0.25, -0.2) is 0 Å². The van der Waals surface area contributed by atoms with Crippen LogP contribution in [0.2, 0.25) is 0 Å². The van der Waals surface area contributed by atoms with Crippen LogP contribution < -0.4 is 5.73 Å². The molecule has 0 spiro atoms. The van der Waals surface area contributed by atoms with Gasteiger partial charge in [-0.3, -0.25) is 0 Å². The summed E-state index contributed by atoms with van der Waals surface area (Å²) in [4.78, 5) is 0. The van der Waals surface area contributed by atoms with Gasteiger partial charge in [0.2, 0.25) is 0 Å². The molecule has 0 rings (SSSR count). The fourth-order valence-electron chi connectivity index (χ4n) is 1.14. The Kier molecular flexibility index (Phi) is 5.65. The SMILES string of the molecule is C=CCC(CN)(CC=C)OB(O)O. The monoisotopic (exact) mass is 185 g/mol. The summed E-state index contributed by atoms with van der Waals surface area (Å²) in [7, 11) is -1.82. The smallest absolute Gasteiger partial charge is 0.402 e. The van der Waals surface area contributed by atoms with Crippen molar-refractivity contribution in [3.8, 4) is 0 Å². The summed E-state index contributed by atoms with van der Waals surface area (Å²) in [5, 5.41) is 17.4. The summed E-state index contributed by atoms with van der Waals surface area (Å²) in [6, 6.07) is 0. The third-order valence-electron chi connectivity index (χ3n) is 1.76. The van der Waals surface area contributed by atoms with E-state index in [0.29, 0.717) is 12.8 Å². The van der Waals surface area contributed by atoms with Crippen molar-refractivity contribution >= 4 is 7.32 Å². The van der Waals surface area contributed by atoms with Crippen molar-refractivity contribution in [1.82, 2.24) is 0 Å². The van der Waals surface area contributed by atoms with E-state index >= 15 is 0 Å². The second kappa shape index (κ2) is 5.93. The Morgan fingerprint density at radius 1 is 1.31 bits per heavy atom. The molecule has 0 fully saturated rings. The van der Waals surface area contributed by atoms with Gasteiger partial charge in [-0.05, 0) is 12.8 Å². The van der Waals surface area contributed by atoms with Gasteiger partial charge in [-0.15, -0.1) is 13.2 Å². The molecule has 0 heterocycles. The number of rotatable bonds is 7. The quantitative estimate of drug-likeness (QED) is 0.380. The van der Waals surface area contributed by atoms with Crippen molar-refractivity contribution in [1.29, 1.82) is 0 Å². The van der Waals surface area contributed by atoms with Crippen LogP contribution in [0, 0.1) is 0 Å². The lowest BCUT2D eigenvalue weighted by molar-refractivity contribution is 0.0306. The minimum absolute atomic E-state index is 0.183. The van der Waals surface area contributed by atoms with Gasteiger partial charge in [0.1, 0.15) is 0 Å². The van der Waals surface area contributed by atoms with Gasteiger partial charge >= 0.3 is 7.32 Å². The summed E-state index contributed by atoms with van der Waals surface area (Å²) in [5.74, 6) is 0. The fourth-order valence-corrected chi connectivity index (χ4v) is 1.14. The highest BCUT2D eigenvalue weighted by molar-refractivity contribution is 6.32.